The highest BCUT2D eigenvalue weighted by molar-refractivity contribution is 7.98. The lowest BCUT2D eigenvalue weighted by molar-refractivity contribution is -0.141. The van der Waals surface area contributed by atoms with E-state index >= 15 is 0 Å². The van der Waals surface area contributed by atoms with Crippen LogP contribution in [0.15, 0.2) is 73.1 Å². The Morgan fingerprint density at radius 2 is 1.90 bits per heavy atom. The van der Waals surface area contributed by atoms with Crippen LogP contribution in [0.1, 0.15) is 22.3 Å². The molecule has 0 spiro atoms. The summed E-state index contributed by atoms with van der Waals surface area (Å²) in [5, 5.41) is 9.73. The zero-order chi connectivity index (χ0) is 22.3. The number of ketones is 1. The molecule has 0 aliphatic carbocycles. The van der Waals surface area contributed by atoms with E-state index in [-0.39, 0.29) is 12.0 Å². The molecule has 160 valence electrons. The maximum absolute atomic E-state index is 13.3. The molecule has 31 heavy (non-hydrogen) atoms. The van der Waals surface area contributed by atoms with E-state index in [4.69, 9.17) is 10.5 Å². The van der Waals surface area contributed by atoms with Gasteiger partial charge >= 0.3 is 5.97 Å². The van der Waals surface area contributed by atoms with Crippen molar-refractivity contribution in [3.8, 4) is 16.9 Å². The minimum atomic E-state index is -2.00. The van der Waals surface area contributed by atoms with Crippen molar-refractivity contribution in [1.82, 2.24) is 4.98 Å². The van der Waals surface area contributed by atoms with Crippen molar-refractivity contribution in [2.24, 2.45) is 5.73 Å². The summed E-state index contributed by atoms with van der Waals surface area (Å²) in [4.78, 5) is 29.3. The molecule has 6 nitrogen and oxygen atoms in total. The number of nitrogens with zero attached hydrogens (tertiary/aromatic N) is 1. The van der Waals surface area contributed by atoms with Gasteiger partial charge in [0, 0.05) is 23.5 Å². The van der Waals surface area contributed by atoms with Crippen molar-refractivity contribution in [2.45, 2.75) is 18.6 Å². The molecule has 3 N–H and O–H groups in total. The van der Waals surface area contributed by atoms with Crippen LogP contribution in [0.4, 0.5) is 0 Å². The number of ether oxygens (including phenoxy) is 1. The molecule has 0 radical (unpaired) electrons. The van der Waals surface area contributed by atoms with E-state index in [0.29, 0.717) is 23.7 Å². The van der Waals surface area contributed by atoms with Crippen molar-refractivity contribution < 1.29 is 19.4 Å². The summed E-state index contributed by atoms with van der Waals surface area (Å²) >= 11 is 1.45. The van der Waals surface area contributed by atoms with Gasteiger partial charge in [0.15, 0.2) is 11.3 Å². The first-order valence-corrected chi connectivity index (χ1v) is 11.1. The highest BCUT2D eigenvalue weighted by Gasteiger charge is 2.43. The van der Waals surface area contributed by atoms with Crippen molar-refractivity contribution in [1.29, 1.82) is 0 Å². The molecule has 0 saturated heterocycles. The van der Waals surface area contributed by atoms with Gasteiger partial charge < -0.3 is 15.6 Å². The maximum Gasteiger partial charge on any atom is 0.331 e. The fraction of sp³-hybridized carbons (Fsp3) is 0.208. The molecule has 7 heteroatoms. The highest BCUT2D eigenvalue weighted by atomic mass is 32.2. The lowest BCUT2D eigenvalue weighted by Gasteiger charge is -2.24. The van der Waals surface area contributed by atoms with Crippen molar-refractivity contribution in [2.75, 3.05) is 12.0 Å². The van der Waals surface area contributed by atoms with Gasteiger partial charge in [0.05, 0.1) is 0 Å². The van der Waals surface area contributed by atoms with Crippen molar-refractivity contribution in [3.05, 3.63) is 84.2 Å². The summed E-state index contributed by atoms with van der Waals surface area (Å²) in [5.74, 6) is -0.933. The summed E-state index contributed by atoms with van der Waals surface area (Å²) in [7, 11) is 0. The van der Waals surface area contributed by atoms with Gasteiger partial charge in [0.1, 0.15) is 12.4 Å². The Bertz CT molecular complexity index is 1040. The number of nitrogens with two attached hydrogens (primary N) is 1. The van der Waals surface area contributed by atoms with Crippen LogP contribution in [-0.4, -0.2) is 39.4 Å². The van der Waals surface area contributed by atoms with Gasteiger partial charge in [-0.25, -0.2) is 4.79 Å². The van der Waals surface area contributed by atoms with Gasteiger partial charge in [-0.3, -0.25) is 9.78 Å². The van der Waals surface area contributed by atoms with E-state index in [1.54, 1.807) is 30.6 Å². The van der Waals surface area contributed by atoms with E-state index in [9.17, 15) is 14.7 Å². The minimum Gasteiger partial charge on any atom is -0.489 e. The third-order valence-corrected chi connectivity index (χ3v) is 5.55. The first kappa shape index (κ1) is 22.5. The first-order chi connectivity index (χ1) is 15.0. The molecule has 0 amide bonds. The SMILES string of the molecule is CSCCC(N)(C(=O)O)C(=O)c1ccc(OCc2cccnc2)cc1-c1ccccc1. The Labute approximate surface area is 185 Å². The average molecular weight is 437 g/mol. The van der Waals surface area contributed by atoms with Crippen LogP contribution in [0.5, 0.6) is 5.75 Å². The molecule has 3 aromatic rings. The Kier molecular flexibility index (Phi) is 7.44. The lowest BCUT2D eigenvalue weighted by Crippen LogP contribution is -2.55. The molecule has 0 aliphatic rings. The molecule has 0 aliphatic heterocycles. The lowest BCUT2D eigenvalue weighted by atomic mass is 9.84. The fourth-order valence-corrected chi connectivity index (χ4v) is 3.66. The Hall–Kier alpha value is -3.16. The first-order valence-electron chi connectivity index (χ1n) is 9.73. The maximum atomic E-state index is 13.3. The number of carboxylic acids is 1. The van der Waals surface area contributed by atoms with E-state index in [0.717, 1.165) is 11.1 Å². The second kappa shape index (κ2) is 10.2. The zero-order valence-corrected chi connectivity index (χ0v) is 18.0. The summed E-state index contributed by atoms with van der Waals surface area (Å²) in [6, 6.07) is 18.0. The number of Topliss-reactive ketones (excluding diaryl/α,β-unsaturated/α-hetero) is 1. The average Bonchev–Trinajstić information content (AvgIpc) is 2.81. The predicted octanol–water partition coefficient (Wildman–Crippen LogP) is 4.05. The number of benzene rings is 2. The number of carbonyl (C=O) groups is 2. The second-order valence-electron chi connectivity index (χ2n) is 7.07. The molecule has 0 bridgehead atoms. The second-order valence-corrected chi connectivity index (χ2v) is 8.06. The van der Waals surface area contributed by atoms with Gasteiger partial charge in [-0.1, -0.05) is 36.4 Å². The third-order valence-electron chi connectivity index (χ3n) is 4.94. The largest absolute Gasteiger partial charge is 0.489 e. The number of pyridine rings is 1. The van der Waals surface area contributed by atoms with E-state index in [1.165, 1.54) is 11.8 Å². The number of carboxylic acid groups (broad SMARTS) is 1. The topological polar surface area (TPSA) is 103 Å². The molecule has 1 atom stereocenters. The van der Waals surface area contributed by atoms with Crippen LogP contribution in [0, 0.1) is 0 Å². The van der Waals surface area contributed by atoms with Gasteiger partial charge in [-0.2, -0.15) is 11.8 Å². The quantitative estimate of drug-likeness (QED) is 0.365. The normalized spacial score (nSPS) is 12.7. The molecule has 0 fully saturated rings. The smallest absolute Gasteiger partial charge is 0.331 e. The molecule has 2 aromatic carbocycles. The summed E-state index contributed by atoms with van der Waals surface area (Å²) in [5.41, 5.74) is 6.64. The van der Waals surface area contributed by atoms with Gasteiger partial charge in [-0.15, -0.1) is 0 Å². The van der Waals surface area contributed by atoms with Crippen molar-refractivity contribution in [3.63, 3.8) is 0 Å². The Morgan fingerprint density at radius 1 is 1.13 bits per heavy atom. The monoisotopic (exact) mass is 436 g/mol. The highest BCUT2D eigenvalue weighted by Crippen LogP contribution is 2.31. The molecule has 1 unspecified atom stereocenters. The number of hydrogen-bond donors (Lipinski definition) is 2. The summed E-state index contributed by atoms with van der Waals surface area (Å²) in [6.45, 7) is 0.318. The standard InChI is InChI=1S/C24H24N2O4S/c1-31-13-11-24(25,23(28)29)22(27)20-10-9-19(30-16-17-6-5-12-26-15-17)14-21(20)18-7-3-2-4-8-18/h2-10,12,14-15H,11,13,16,25H2,1H3,(H,28,29). The van der Waals surface area contributed by atoms with Gasteiger partial charge in [0.2, 0.25) is 0 Å². The van der Waals surface area contributed by atoms with Gasteiger partial charge in [0.25, 0.3) is 0 Å². The van der Waals surface area contributed by atoms with Crippen LogP contribution in [0.3, 0.4) is 0 Å². The van der Waals surface area contributed by atoms with E-state index < -0.39 is 17.3 Å². The van der Waals surface area contributed by atoms with Crippen LogP contribution in [0.25, 0.3) is 11.1 Å². The zero-order valence-electron chi connectivity index (χ0n) is 17.2. The predicted molar refractivity (Wildman–Crippen MR) is 122 cm³/mol. The molecular formula is C24H24N2O4S. The fourth-order valence-electron chi connectivity index (χ4n) is 3.14. The third kappa shape index (κ3) is 5.31. The number of thioether (sulfide) groups is 1. The minimum absolute atomic E-state index is 0.0375. The number of aromatic nitrogens is 1. The van der Waals surface area contributed by atoms with E-state index in [1.807, 2.05) is 48.7 Å². The van der Waals surface area contributed by atoms with Gasteiger partial charge in [-0.05, 0) is 53.8 Å². The van der Waals surface area contributed by atoms with Crippen LogP contribution >= 0.6 is 11.8 Å². The summed E-state index contributed by atoms with van der Waals surface area (Å²) in [6.07, 6.45) is 5.29. The number of aliphatic carboxylic acids is 1. The molecule has 0 saturated carbocycles. The Morgan fingerprint density at radius 3 is 2.55 bits per heavy atom. The molecule has 3 rings (SSSR count). The molecule has 1 heterocycles. The molecular weight excluding hydrogens is 412 g/mol. The Balaban J connectivity index is 1.99. The van der Waals surface area contributed by atoms with Crippen LogP contribution < -0.4 is 10.5 Å². The summed E-state index contributed by atoms with van der Waals surface area (Å²) < 4.78 is 5.88. The number of rotatable bonds is 10. The number of hydrogen-bond acceptors (Lipinski definition) is 6. The van der Waals surface area contributed by atoms with E-state index in [2.05, 4.69) is 4.98 Å². The van der Waals surface area contributed by atoms with Crippen LogP contribution in [-0.2, 0) is 11.4 Å². The van der Waals surface area contributed by atoms with Crippen LogP contribution in [0.2, 0.25) is 0 Å². The van der Waals surface area contributed by atoms with Crippen molar-refractivity contribution >= 4 is 23.5 Å². The molecule has 1 aromatic heterocycles. The number of carbonyl (C=O) groups excluding carboxylic acids is 1.